The van der Waals surface area contributed by atoms with Gasteiger partial charge in [-0.1, -0.05) is 12.1 Å². The van der Waals surface area contributed by atoms with E-state index in [4.69, 9.17) is 4.98 Å². The van der Waals surface area contributed by atoms with Gasteiger partial charge in [-0.15, -0.1) is 0 Å². The molecule has 0 aliphatic carbocycles. The van der Waals surface area contributed by atoms with E-state index in [9.17, 15) is 4.39 Å². The maximum Gasteiger partial charge on any atom is 0.125 e. The molecule has 1 aromatic carbocycles. The van der Waals surface area contributed by atoms with Crippen molar-refractivity contribution in [3.05, 3.63) is 66.0 Å². The predicted octanol–water partition coefficient (Wildman–Crippen LogP) is 3.69. The van der Waals surface area contributed by atoms with Gasteiger partial charge in [0.05, 0.1) is 12.2 Å². The van der Waals surface area contributed by atoms with E-state index < -0.39 is 0 Å². The monoisotopic (exact) mass is 351 g/mol. The van der Waals surface area contributed by atoms with E-state index in [0.29, 0.717) is 5.92 Å². The van der Waals surface area contributed by atoms with Crippen molar-refractivity contribution in [2.75, 3.05) is 13.1 Å². The molecule has 3 aromatic rings. The van der Waals surface area contributed by atoms with Crippen molar-refractivity contribution in [2.24, 2.45) is 0 Å². The number of aryl methyl sites for hydroxylation is 1. The first-order chi connectivity index (χ1) is 12.7. The Bertz CT molecular complexity index is 860. The van der Waals surface area contributed by atoms with Gasteiger partial charge in [0.2, 0.25) is 0 Å². The van der Waals surface area contributed by atoms with Crippen molar-refractivity contribution >= 4 is 0 Å². The van der Waals surface area contributed by atoms with E-state index in [2.05, 4.69) is 19.9 Å². The minimum absolute atomic E-state index is 0.231. The van der Waals surface area contributed by atoms with Gasteiger partial charge in [0, 0.05) is 36.6 Å². The molecule has 0 saturated carbocycles. The molecule has 26 heavy (non-hydrogen) atoms. The third kappa shape index (κ3) is 3.65. The van der Waals surface area contributed by atoms with Crippen LogP contribution in [0.4, 0.5) is 4.39 Å². The van der Waals surface area contributed by atoms with Crippen molar-refractivity contribution in [3.63, 3.8) is 0 Å². The number of aromatic amines is 1. The summed E-state index contributed by atoms with van der Waals surface area (Å²) in [7, 11) is 0. The molecule has 0 radical (unpaired) electrons. The highest BCUT2D eigenvalue weighted by atomic mass is 19.1. The molecule has 2 aromatic heterocycles. The molecule has 4 rings (SSSR count). The first kappa shape index (κ1) is 16.8. The van der Waals surface area contributed by atoms with E-state index in [-0.39, 0.29) is 5.82 Å². The lowest BCUT2D eigenvalue weighted by molar-refractivity contribution is 0.194. The molecular formula is C20H22FN5. The van der Waals surface area contributed by atoms with Crippen molar-refractivity contribution in [3.8, 4) is 11.1 Å². The zero-order chi connectivity index (χ0) is 17.9. The van der Waals surface area contributed by atoms with Crippen LogP contribution in [0.5, 0.6) is 0 Å². The van der Waals surface area contributed by atoms with Crippen LogP contribution >= 0.6 is 0 Å². The molecular weight excluding hydrogens is 329 g/mol. The highest BCUT2D eigenvalue weighted by Gasteiger charge is 2.25. The normalized spacial score (nSPS) is 18.2. The number of aromatic nitrogens is 4. The number of piperidine rings is 1. The van der Waals surface area contributed by atoms with Crippen LogP contribution in [-0.4, -0.2) is 37.9 Å². The number of halogens is 1. The second-order valence-corrected chi connectivity index (χ2v) is 6.83. The third-order valence-electron chi connectivity index (χ3n) is 4.91. The van der Waals surface area contributed by atoms with Crippen LogP contribution in [0.1, 0.15) is 36.1 Å². The zero-order valence-corrected chi connectivity index (χ0v) is 14.8. The average molecular weight is 351 g/mol. The van der Waals surface area contributed by atoms with Crippen LogP contribution in [0, 0.1) is 12.7 Å². The fourth-order valence-corrected chi connectivity index (χ4v) is 3.67. The topological polar surface area (TPSA) is 57.7 Å². The second-order valence-electron chi connectivity index (χ2n) is 6.83. The number of imidazole rings is 1. The fourth-order valence-electron chi connectivity index (χ4n) is 3.67. The molecule has 1 aliphatic rings. The van der Waals surface area contributed by atoms with E-state index >= 15 is 0 Å². The van der Waals surface area contributed by atoms with Crippen LogP contribution < -0.4 is 0 Å². The molecule has 1 unspecified atom stereocenters. The highest BCUT2D eigenvalue weighted by Crippen LogP contribution is 2.33. The van der Waals surface area contributed by atoms with Gasteiger partial charge >= 0.3 is 0 Å². The molecule has 1 saturated heterocycles. The number of nitrogens with one attached hydrogen (secondary N) is 1. The van der Waals surface area contributed by atoms with Gasteiger partial charge in [-0.05, 0) is 44.0 Å². The number of H-pyrrole nitrogens is 1. The Morgan fingerprint density at radius 3 is 2.85 bits per heavy atom. The Morgan fingerprint density at radius 2 is 2.08 bits per heavy atom. The lowest BCUT2D eigenvalue weighted by Crippen LogP contribution is -2.34. The van der Waals surface area contributed by atoms with Gasteiger partial charge in [-0.2, -0.15) is 0 Å². The molecule has 1 aliphatic heterocycles. The highest BCUT2D eigenvalue weighted by molar-refractivity contribution is 5.65. The number of hydrogen-bond donors (Lipinski definition) is 1. The number of hydrogen-bond acceptors (Lipinski definition) is 4. The lowest BCUT2D eigenvalue weighted by atomic mass is 9.90. The van der Waals surface area contributed by atoms with Crippen LogP contribution in [0.15, 0.2) is 42.9 Å². The molecule has 134 valence electrons. The van der Waals surface area contributed by atoms with E-state index in [1.54, 1.807) is 18.3 Å². The molecule has 1 atom stereocenters. The lowest BCUT2D eigenvalue weighted by Gasteiger charge is -2.32. The predicted molar refractivity (Wildman–Crippen MR) is 98.0 cm³/mol. The van der Waals surface area contributed by atoms with Crippen molar-refractivity contribution in [1.29, 1.82) is 0 Å². The number of rotatable bonds is 4. The molecule has 5 nitrogen and oxygen atoms in total. The van der Waals surface area contributed by atoms with Gasteiger partial charge in [0.15, 0.2) is 0 Å². The zero-order valence-electron chi connectivity index (χ0n) is 14.8. The van der Waals surface area contributed by atoms with Crippen LogP contribution in [0.3, 0.4) is 0 Å². The third-order valence-corrected chi connectivity index (χ3v) is 4.91. The van der Waals surface area contributed by atoms with Gasteiger partial charge in [-0.3, -0.25) is 4.90 Å². The van der Waals surface area contributed by atoms with E-state index in [1.165, 1.54) is 12.1 Å². The Hall–Kier alpha value is -2.60. The molecule has 0 spiro atoms. The minimum atomic E-state index is -0.231. The summed E-state index contributed by atoms with van der Waals surface area (Å²) in [5.74, 6) is 1.86. The SMILES string of the molecule is Cc1ncc(-c2ccc(F)cc2)c(C2CCCN(Cc3ncc[nH]3)C2)n1. The second kappa shape index (κ2) is 7.33. The Labute approximate surface area is 152 Å². The summed E-state index contributed by atoms with van der Waals surface area (Å²) in [5, 5.41) is 0. The maximum absolute atomic E-state index is 13.3. The molecule has 6 heteroatoms. The summed E-state index contributed by atoms with van der Waals surface area (Å²) in [6, 6.07) is 6.58. The van der Waals surface area contributed by atoms with Gasteiger partial charge in [0.1, 0.15) is 17.5 Å². The summed E-state index contributed by atoms with van der Waals surface area (Å²) in [6.07, 6.45) is 7.74. The maximum atomic E-state index is 13.3. The van der Waals surface area contributed by atoms with Gasteiger partial charge in [0.25, 0.3) is 0 Å². The van der Waals surface area contributed by atoms with E-state index in [0.717, 1.165) is 60.9 Å². The van der Waals surface area contributed by atoms with Crippen molar-refractivity contribution < 1.29 is 4.39 Å². The van der Waals surface area contributed by atoms with Crippen LogP contribution in [-0.2, 0) is 6.54 Å². The number of nitrogens with zero attached hydrogens (tertiary/aromatic N) is 4. The first-order valence-corrected chi connectivity index (χ1v) is 8.99. The quantitative estimate of drug-likeness (QED) is 0.779. The molecule has 1 fully saturated rings. The Balaban J connectivity index is 1.61. The summed E-state index contributed by atoms with van der Waals surface area (Å²) >= 11 is 0. The summed E-state index contributed by atoms with van der Waals surface area (Å²) in [6.45, 7) is 4.74. The molecule has 0 bridgehead atoms. The van der Waals surface area contributed by atoms with Crippen LogP contribution in [0.25, 0.3) is 11.1 Å². The van der Waals surface area contributed by atoms with Gasteiger partial charge < -0.3 is 4.98 Å². The van der Waals surface area contributed by atoms with Crippen LogP contribution in [0.2, 0.25) is 0 Å². The van der Waals surface area contributed by atoms with Gasteiger partial charge in [-0.25, -0.2) is 19.3 Å². The number of likely N-dealkylation sites (tertiary alicyclic amines) is 1. The molecule has 3 heterocycles. The average Bonchev–Trinajstić information content (AvgIpc) is 3.16. The summed E-state index contributed by atoms with van der Waals surface area (Å²) in [5.41, 5.74) is 3.03. The van der Waals surface area contributed by atoms with E-state index in [1.807, 2.05) is 19.3 Å². The number of benzene rings is 1. The first-order valence-electron chi connectivity index (χ1n) is 8.99. The minimum Gasteiger partial charge on any atom is -0.348 e. The molecule has 0 amide bonds. The standard InChI is InChI=1S/C20H22FN5/c1-14-24-11-18(15-4-6-17(21)7-5-15)20(25-14)16-3-2-10-26(12-16)13-19-22-8-9-23-19/h4-9,11,16H,2-3,10,12-13H2,1H3,(H,22,23). The Morgan fingerprint density at radius 1 is 1.23 bits per heavy atom. The smallest absolute Gasteiger partial charge is 0.125 e. The Kier molecular flexibility index (Phi) is 4.75. The molecule has 1 N–H and O–H groups in total. The summed E-state index contributed by atoms with van der Waals surface area (Å²) < 4.78 is 13.3. The van der Waals surface area contributed by atoms with Crippen molar-refractivity contribution in [2.45, 2.75) is 32.2 Å². The summed E-state index contributed by atoms with van der Waals surface area (Å²) in [4.78, 5) is 19.1. The largest absolute Gasteiger partial charge is 0.348 e. The fraction of sp³-hybridized carbons (Fsp3) is 0.350. The van der Waals surface area contributed by atoms with Crippen molar-refractivity contribution in [1.82, 2.24) is 24.8 Å².